The summed E-state index contributed by atoms with van der Waals surface area (Å²) in [5, 5.41) is 3.29. The Morgan fingerprint density at radius 1 is 1.54 bits per heavy atom. The van der Waals surface area contributed by atoms with Crippen LogP contribution in [0.4, 0.5) is 5.82 Å². The molecule has 0 bridgehead atoms. The monoisotopic (exact) mass is 179 g/mol. The highest BCUT2D eigenvalue weighted by Gasteiger charge is 1.99. The van der Waals surface area contributed by atoms with E-state index in [1.165, 1.54) is 6.42 Å². The van der Waals surface area contributed by atoms with E-state index in [1.54, 1.807) is 6.20 Å². The quantitative estimate of drug-likeness (QED) is 0.770. The second-order valence-electron chi connectivity index (χ2n) is 3.38. The molecule has 0 aromatic carbocycles. The molecule has 0 aliphatic heterocycles. The first-order chi connectivity index (χ1) is 6.22. The van der Waals surface area contributed by atoms with Crippen LogP contribution in [0.15, 0.2) is 12.3 Å². The fraction of sp³-hybridized carbons (Fsp3) is 0.600. The van der Waals surface area contributed by atoms with E-state index in [9.17, 15) is 0 Å². The lowest BCUT2D eigenvalue weighted by Crippen LogP contribution is -2.11. The summed E-state index contributed by atoms with van der Waals surface area (Å²) in [5.41, 5.74) is 0. The summed E-state index contributed by atoms with van der Waals surface area (Å²) in [6.45, 7) is 7.29. The Bertz CT molecular complexity index is 260. The fourth-order valence-corrected chi connectivity index (χ4v) is 0.978. The van der Waals surface area contributed by atoms with Crippen molar-refractivity contribution in [1.82, 2.24) is 9.97 Å². The van der Waals surface area contributed by atoms with Gasteiger partial charge in [-0.05, 0) is 18.9 Å². The standard InChI is InChI=1S/C10H17N3/c1-4-8(2)7-12-10-5-6-11-9(3)13-10/h5-6,8H,4,7H2,1-3H3,(H,11,12,13). The van der Waals surface area contributed by atoms with Crippen LogP contribution < -0.4 is 5.32 Å². The van der Waals surface area contributed by atoms with Crippen LogP contribution in [-0.2, 0) is 0 Å². The van der Waals surface area contributed by atoms with Crippen molar-refractivity contribution in [3.63, 3.8) is 0 Å². The molecule has 1 aromatic rings. The van der Waals surface area contributed by atoms with E-state index in [1.807, 2.05) is 13.0 Å². The zero-order valence-electron chi connectivity index (χ0n) is 8.54. The van der Waals surface area contributed by atoms with Gasteiger partial charge in [0.25, 0.3) is 0 Å². The molecule has 1 unspecified atom stereocenters. The van der Waals surface area contributed by atoms with E-state index in [4.69, 9.17) is 0 Å². The Balaban J connectivity index is 2.45. The molecule has 0 radical (unpaired) electrons. The third-order valence-electron chi connectivity index (χ3n) is 2.10. The Morgan fingerprint density at radius 2 is 2.31 bits per heavy atom. The Kier molecular flexibility index (Phi) is 3.68. The highest BCUT2D eigenvalue weighted by molar-refractivity contribution is 5.32. The first kappa shape index (κ1) is 9.96. The van der Waals surface area contributed by atoms with E-state index in [0.29, 0.717) is 5.92 Å². The van der Waals surface area contributed by atoms with Crippen LogP contribution in [0.3, 0.4) is 0 Å². The van der Waals surface area contributed by atoms with E-state index < -0.39 is 0 Å². The third kappa shape index (κ3) is 3.40. The van der Waals surface area contributed by atoms with Crippen LogP contribution in [0.5, 0.6) is 0 Å². The molecule has 0 saturated carbocycles. The van der Waals surface area contributed by atoms with Gasteiger partial charge in [0.2, 0.25) is 0 Å². The predicted octanol–water partition coefficient (Wildman–Crippen LogP) is 2.24. The molecule has 1 rings (SSSR count). The van der Waals surface area contributed by atoms with Crippen molar-refractivity contribution in [2.45, 2.75) is 27.2 Å². The number of aryl methyl sites for hydroxylation is 1. The van der Waals surface area contributed by atoms with Gasteiger partial charge in [0.1, 0.15) is 11.6 Å². The molecule has 0 spiro atoms. The van der Waals surface area contributed by atoms with Crippen molar-refractivity contribution in [1.29, 1.82) is 0 Å². The molecular formula is C10H17N3. The molecule has 13 heavy (non-hydrogen) atoms. The zero-order chi connectivity index (χ0) is 9.68. The molecule has 0 saturated heterocycles. The summed E-state index contributed by atoms with van der Waals surface area (Å²) in [6, 6.07) is 1.90. The molecule has 0 fully saturated rings. The van der Waals surface area contributed by atoms with Crippen molar-refractivity contribution in [2.24, 2.45) is 5.92 Å². The van der Waals surface area contributed by atoms with Gasteiger partial charge >= 0.3 is 0 Å². The third-order valence-corrected chi connectivity index (χ3v) is 2.10. The minimum atomic E-state index is 0.690. The Hall–Kier alpha value is -1.12. The number of aromatic nitrogens is 2. The molecule has 72 valence electrons. The number of hydrogen-bond donors (Lipinski definition) is 1. The van der Waals surface area contributed by atoms with Crippen molar-refractivity contribution >= 4 is 5.82 Å². The van der Waals surface area contributed by atoms with Crippen LogP contribution in [0.25, 0.3) is 0 Å². The van der Waals surface area contributed by atoms with Crippen molar-refractivity contribution in [3.8, 4) is 0 Å². The number of nitrogens with one attached hydrogen (secondary N) is 1. The molecule has 1 atom stereocenters. The number of rotatable bonds is 4. The van der Waals surface area contributed by atoms with Gasteiger partial charge in [-0.2, -0.15) is 0 Å². The maximum Gasteiger partial charge on any atom is 0.129 e. The number of nitrogens with zero attached hydrogens (tertiary/aromatic N) is 2. The summed E-state index contributed by atoms with van der Waals surface area (Å²) in [4.78, 5) is 8.29. The smallest absolute Gasteiger partial charge is 0.129 e. The molecule has 0 aliphatic rings. The van der Waals surface area contributed by atoms with Gasteiger partial charge in [0.05, 0.1) is 0 Å². The van der Waals surface area contributed by atoms with E-state index in [-0.39, 0.29) is 0 Å². The first-order valence-electron chi connectivity index (χ1n) is 4.76. The SMILES string of the molecule is CCC(C)CNc1ccnc(C)n1. The lowest BCUT2D eigenvalue weighted by atomic mass is 10.1. The topological polar surface area (TPSA) is 37.8 Å². The largest absolute Gasteiger partial charge is 0.370 e. The number of hydrogen-bond acceptors (Lipinski definition) is 3. The highest BCUT2D eigenvalue weighted by atomic mass is 15.0. The van der Waals surface area contributed by atoms with Crippen molar-refractivity contribution < 1.29 is 0 Å². The molecule has 1 N–H and O–H groups in total. The second kappa shape index (κ2) is 4.80. The minimum absolute atomic E-state index is 0.690. The van der Waals surface area contributed by atoms with Crippen molar-refractivity contribution in [3.05, 3.63) is 18.1 Å². The van der Waals surface area contributed by atoms with Gasteiger partial charge < -0.3 is 5.32 Å². The lowest BCUT2D eigenvalue weighted by molar-refractivity contribution is 0.592. The summed E-state index contributed by atoms with van der Waals surface area (Å²) < 4.78 is 0. The van der Waals surface area contributed by atoms with Gasteiger partial charge in [-0.25, -0.2) is 9.97 Å². The predicted molar refractivity (Wildman–Crippen MR) is 54.7 cm³/mol. The minimum Gasteiger partial charge on any atom is -0.370 e. The average Bonchev–Trinajstić information content (AvgIpc) is 2.14. The summed E-state index contributed by atoms with van der Waals surface area (Å²) in [6.07, 6.45) is 2.97. The number of anilines is 1. The maximum absolute atomic E-state index is 4.26. The molecule has 1 heterocycles. The van der Waals surface area contributed by atoms with Crippen LogP contribution in [0.2, 0.25) is 0 Å². The zero-order valence-corrected chi connectivity index (χ0v) is 8.54. The van der Waals surface area contributed by atoms with Crippen molar-refractivity contribution in [2.75, 3.05) is 11.9 Å². The van der Waals surface area contributed by atoms with Gasteiger partial charge in [-0.15, -0.1) is 0 Å². The van der Waals surface area contributed by atoms with Gasteiger partial charge in [0.15, 0.2) is 0 Å². The van der Waals surface area contributed by atoms with Crippen LogP contribution >= 0.6 is 0 Å². The first-order valence-corrected chi connectivity index (χ1v) is 4.76. The fourth-order valence-electron chi connectivity index (χ4n) is 0.978. The van der Waals surface area contributed by atoms with Crippen LogP contribution in [0.1, 0.15) is 26.1 Å². The van der Waals surface area contributed by atoms with E-state index >= 15 is 0 Å². The summed E-state index contributed by atoms with van der Waals surface area (Å²) >= 11 is 0. The van der Waals surface area contributed by atoms with E-state index in [2.05, 4.69) is 29.1 Å². The average molecular weight is 179 g/mol. The van der Waals surface area contributed by atoms with E-state index in [0.717, 1.165) is 18.2 Å². The van der Waals surface area contributed by atoms with Gasteiger partial charge in [-0.1, -0.05) is 20.3 Å². The molecule has 3 nitrogen and oxygen atoms in total. The van der Waals surface area contributed by atoms with Gasteiger partial charge in [0, 0.05) is 12.7 Å². The van der Waals surface area contributed by atoms with Gasteiger partial charge in [-0.3, -0.25) is 0 Å². The summed E-state index contributed by atoms with van der Waals surface area (Å²) in [7, 11) is 0. The maximum atomic E-state index is 4.26. The van der Waals surface area contributed by atoms with Crippen LogP contribution in [-0.4, -0.2) is 16.5 Å². The highest BCUT2D eigenvalue weighted by Crippen LogP contribution is 2.05. The Labute approximate surface area is 79.6 Å². The molecule has 3 heteroatoms. The Morgan fingerprint density at radius 3 is 2.92 bits per heavy atom. The second-order valence-corrected chi connectivity index (χ2v) is 3.38. The molecular weight excluding hydrogens is 162 g/mol. The molecule has 1 aromatic heterocycles. The molecule has 0 amide bonds. The molecule has 0 aliphatic carbocycles. The lowest BCUT2D eigenvalue weighted by Gasteiger charge is -2.10. The van der Waals surface area contributed by atoms with Crippen LogP contribution in [0, 0.1) is 12.8 Å². The normalized spacial score (nSPS) is 12.5. The summed E-state index contributed by atoms with van der Waals surface area (Å²) in [5.74, 6) is 2.43.